The van der Waals surface area contributed by atoms with Crippen LogP contribution >= 0.6 is 0 Å². The second-order valence-corrected chi connectivity index (χ2v) is 3.92. The molecule has 0 amide bonds. The zero-order valence-corrected chi connectivity index (χ0v) is 11.0. The minimum atomic E-state index is -0.675. The summed E-state index contributed by atoms with van der Waals surface area (Å²) in [5.41, 5.74) is 1.74. The predicted molar refractivity (Wildman–Crippen MR) is 75.3 cm³/mol. The first-order valence-electron chi connectivity index (χ1n) is 6.14. The highest BCUT2D eigenvalue weighted by Crippen LogP contribution is 2.16. The maximum Gasteiger partial charge on any atom is 0.352 e. The topological polar surface area (TPSA) is 74.5 Å². The fraction of sp³-hybridized carbons (Fsp3) is 0.133. The van der Waals surface area contributed by atoms with Crippen LogP contribution in [0.4, 0.5) is 0 Å². The average Bonchev–Trinajstić information content (AvgIpc) is 2.50. The fourth-order valence-electron chi connectivity index (χ4n) is 1.68. The van der Waals surface area contributed by atoms with Crippen LogP contribution in [-0.4, -0.2) is 18.8 Å². The number of benzene rings is 1. The standard InChI is InChI=1S/C15H13N3O2/c1-2-20-15(19)13(8-16)14-17-9-12(10-18-14)11-6-4-3-5-7-11/h3-7,9-10,17H,2H2,1H3/b14-13+. The van der Waals surface area contributed by atoms with Gasteiger partial charge in [0.25, 0.3) is 0 Å². The van der Waals surface area contributed by atoms with Gasteiger partial charge in [0.05, 0.1) is 6.61 Å². The third kappa shape index (κ3) is 2.93. The molecule has 0 fully saturated rings. The molecule has 0 saturated heterocycles. The van der Waals surface area contributed by atoms with Crippen LogP contribution in [0.3, 0.4) is 0 Å². The van der Waals surface area contributed by atoms with Crippen LogP contribution in [0.1, 0.15) is 12.5 Å². The lowest BCUT2D eigenvalue weighted by atomic mass is 10.1. The normalized spacial score (nSPS) is 15.7. The summed E-state index contributed by atoms with van der Waals surface area (Å²) < 4.78 is 4.81. The van der Waals surface area contributed by atoms with E-state index in [0.29, 0.717) is 0 Å². The van der Waals surface area contributed by atoms with E-state index >= 15 is 0 Å². The van der Waals surface area contributed by atoms with Gasteiger partial charge < -0.3 is 10.1 Å². The molecule has 1 N–H and O–H groups in total. The molecule has 0 unspecified atom stereocenters. The number of allylic oxidation sites excluding steroid dienone is 1. The van der Waals surface area contributed by atoms with E-state index < -0.39 is 5.97 Å². The van der Waals surface area contributed by atoms with Crippen molar-refractivity contribution in [2.24, 2.45) is 4.99 Å². The van der Waals surface area contributed by atoms with E-state index in [1.54, 1.807) is 19.3 Å². The lowest BCUT2D eigenvalue weighted by molar-refractivity contribution is -0.138. The summed E-state index contributed by atoms with van der Waals surface area (Å²) >= 11 is 0. The van der Waals surface area contributed by atoms with Crippen molar-refractivity contribution in [1.29, 1.82) is 5.26 Å². The van der Waals surface area contributed by atoms with Crippen molar-refractivity contribution in [3.8, 4) is 6.07 Å². The Balaban J connectivity index is 2.22. The van der Waals surface area contributed by atoms with E-state index in [1.807, 2.05) is 36.4 Å². The van der Waals surface area contributed by atoms with Crippen molar-refractivity contribution in [3.63, 3.8) is 0 Å². The Bertz CT molecular complexity index is 637. The highest BCUT2D eigenvalue weighted by Gasteiger charge is 2.17. The molecule has 0 aliphatic carbocycles. The molecule has 5 nitrogen and oxygen atoms in total. The van der Waals surface area contributed by atoms with Crippen LogP contribution in [-0.2, 0) is 9.53 Å². The van der Waals surface area contributed by atoms with Crippen LogP contribution in [0, 0.1) is 11.3 Å². The quantitative estimate of drug-likeness (QED) is 0.516. The molecule has 0 saturated carbocycles. The molecule has 20 heavy (non-hydrogen) atoms. The smallest absolute Gasteiger partial charge is 0.352 e. The molecule has 1 aromatic rings. The van der Waals surface area contributed by atoms with Crippen LogP contribution in [0.25, 0.3) is 5.57 Å². The van der Waals surface area contributed by atoms with E-state index in [1.165, 1.54) is 0 Å². The van der Waals surface area contributed by atoms with Crippen molar-refractivity contribution in [2.45, 2.75) is 6.92 Å². The Hall–Kier alpha value is -2.87. The fourth-order valence-corrected chi connectivity index (χ4v) is 1.68. The summed E-state index contributed by atoms with van der Waals surface area (Å²) in [6.07, 6.45) is 3.31. The Kier molecular flexibility index (Phi) is 4.30. The molecule has 1 aromatic carbocycles. The van der Waals surface area contributed by atoms with E-state index in [4.69, 9.17) is 10.00 Å². The van der Waals surface area contributed by atoms with Gasteiger partial charge in [0.2, 0.25) is 0 Å². The van der Waals surface area contributed by atoms with Gasteiger partial charge in [0.15, 0.2) is 11.4 Å². The van der Waals surface area contributed by atoms with E-state index in [2.05, 4.69) is 10.3 Å². The van der Waals surface area contributed by atoms with Crippen molar-refractivity contribution in [2.75, 3.05) is 6.61 Å². The monoisotopic (exact) mass is 267 g/mol. The Morgan fingerprint density at radius 1 is 1.40 bits per heavy atom. The van der Waals surface area contributed by atoms with Gasteiger partial charge in [-0.15, -0.1) is 0 Å². The number of rotatable bonds is 3. The molecule has 2 rings (SSSR count). The molecule has 1 aliphatic rings. The first-order valence-corrected chi connectivity index (χ1v) is 6.14. The number of ether oxygens (including phenoxy) is 1. The predicted octanol–water partition coefficient (Wildman–Crippen LogP) is 2.00. The molecule has 1 aliphatic heterocycles. The second-order valence-electron chi connectivity index (χ2n) is 3.92. The largest absolute Gasteiger partial charge is 0.462 e. The molecule has 0 bridgehead atoms. The SMILES string of the molecule is CCOC(=O)/C(C#N)=C1/N=CC(c2ccccc2)=CN1. The van der Waals surface area contributed by atoms with E-state index in [-0.39, 0.29) is 18.0 Å². The van der Waals surface area contributed by atoms with Gasteiger partial charge >= 0.3 is 5.97 Å². The summed E-state index contributed by atoms with van der Waals surface area (Å²) in [7, 11) is 0. The third-order valence-corrected chi connectivity index (χ3v) is 2.63. The van der Waals surface area contributed by atoms with Gasteiger partial charge in [0, 0.05) is 18.0 Å². The Morgan fingerprint density at radius 3 is 2.70 bits per heavy atom. The summed E-state index contributed by atoms with van der Waals surface area (Å²) in [4.78, 5) is 15.7. The minimum absolute atomic E-state index is 0.133. The maximum atomic E-state index is 11.6. The average molecular weight is 267 g/mol. The maximum absolute atomic E-state index is 11.6. The summed E-state index contributed by atoms with van der Waals surface area (Å²) in [5.74, 6) is -0.475. The molecule has 0 radical (unpaired) electrons. The Labute approximate surface area is 116 Å². The molecule has 5 heteroatoms. The minimum Gasteiger partial charge on any atom is -0.462 e. The van der Waals surface area contributed by atoms with Gasteiger partial charge in [-0.1, -0.05) is 30.3 Å². The first-order chi connectivity index (χ1) is 9.76. The molecular weight excluding hydrogens is 254 g/mol. The number of carbonyl (C=O) groups is 1. The van der Waals surface area contributed by atoms with Crippen LogP contribution in [0.2, 0.25) is 0 Å². The highest BCUT2D eigenvalue weighted by molar-refractivity contribution is 6.11. The molecule has 100 valence electrons. The Morgan fingerprint density at radius 2 is 2.15 bits per heavy atom. The van der Waals surface area contributed by atoms with Crippen LogP contribution in [0.15, 0.2) is 52.9 Å². The number of nitriles is 1. The van der Waals surface area contributed by atoms with Gasteiger partial charge in [-0.25, -0.2) is 9.79 Å². The van der Waals surface area contributed by atoms with Crippen LogP contribution < -0.4 is 5.32 Å². The highest BCUT2D eigenvalue weighted by atomic mass is 16.5. The number of esters is 1. The lowest BCUT2D eigenvalue weighted by Crippen LogP contribution is -2.17. The lowest BCUT2D eigenvalue weighted by Gasteiger charge is -2.12. The van der Waals surface area contributed by atoms with Gasteiger partial charge in [0.1, 0.15) is 6.07 Å². The number of hydrogen-bond acceptors (Lipinski definition) is 5. The molecule has 0 aromatic heterocycles. The third-order valence-electron chi connectivity index (χ3n) is 2.63. The summed E-state index contributed by atoms with van der Waals surface area (Å²) in [6.45, 7) is 1.90. The van der Waals surface area contributed by atoms with Crippen molar-refractivity contribution in [3.05, 3.63) is 53.5 Å². The second kappa shape index (κ2) is 6.34. The van der Waals surface area contributed by atoms with Gasteiger partial charge in [-0.2, -0.15) is 5.26 Å². The summed E-state index contributed by atoms with van der Waals surface area (Å²) in [5, 5.41) is 11.9. The summed E-state index contributed by atoms with van der Waals surface area (Å²) in [6, 6.07) is 11.5. The number of carbonyl (C=O) groups excluding carboxylic acids is 1. The molecule has 0 atom stereocenters. The number of nitrogens with zero attached hydrogens (tertiary/aromatic N) is 2. The van der Waals surface area contributed by atoms with Crippen LogP contribution in [0.5, 0.6) is 0 Å². The van der Waals surface area contributed by atoms with Gasteiger partial charge in [-0.05, 0) is 12.5 Å². The van der Waals surface area contributed by atoms with Crippen molar-refractivity contribution < 1.29 is 9.53 Å². The molecule has 1 heterocycles. The van der Waals surface area contributed by atoms with E-state index in [0.717, 1.165) is 11.1 Å². The zero-order valence-electron chi connectivity index (χ0n) is 11.0. The number of nitrogens with one attached hydrogen (secondary N) is 1. The molecule has 0 spiro atoms. The molecular formula is C15H13N3O2. The van der Waals surface area contributed by atoms with Crippen molar-refractivity contribution in [1.82, 2.24) is 5.32 Å². The zero-order chi connectivity index (χ0) is 14.4. The number of aliphatic imine (C=N–C) groups is 1. The van der Waals surface area contributed by atoms with E-state index in [9.17, 15) is 4.79 Å². The number of hydrogen-bond donors (Lipinski definition) is 1. The van der Waals surface area contributed by atoms with Gasteiger partial charge in [-0.3, -0.25) is 0 Å². The van der Waals surface area contributed by atoms with Crippen molar-refractivity contribution >= 4 is 17.8 Å². The first kappa shape index (κ1) is 13.6.